The molecule has 0 saturated heterocycles. The summed E-state index contributed by atoms with van der Waals surface area (Å²) in [4.78, 5) is 17.0. The van der Waals surface area contributed by atoms with Crippen LogP contribution in [0.25, 0.3) is 10.9 Å². The number of aromatic amines is 1. The standard InChI is InChI=1S/C14H17BrN2O2/c1-9(18)5-6-17(2)14(19)13-7-10-3-4-11(15)8-12(10)16-13/h3-4,7-9,16,18H,5-6H2,1-2H3. The molecule has 0 spiro atoms. The number of hydrogen-bond donors (Lipinski definition) is 2. The average Bonchev–Trinajstić information content (AvgIpc) is 2.77. The second-order valence-electron chi connectivity index (χ2n) is 4.78. The molecule has 1 heterocycles. The summed E-state index contributed by atoms with van der Waals surface area (Å²) in [5.74, 6) is -0.0621. The maximum atomic E-state index is 12.2. The summed E-state index contributed by atoms with van der Waals surface area (Å²) in [6.07, 6.45) is 0.183. The molecule has 2 N–H and O–H groups in total. The number of amides is 1. The molecule has 19 heavy (non-hydrogen) atoms. The Balaban J connectivity index is 2.16. The number of hydrogen-bond acceptors (Lipinski definition) is 2. The molecule has 0 fully saturated rings. The Kier molecular flexibility index (Phi) is 4.27. The van der Waals surface area contributed by atoms with Gasteiger partial charge < -0.3 is 15.0 Å². The van der Waals surface area contributed by atoms with Gasteiger partial charge in [-0.25, -0.2) is 0 Å². The van der Waals surface area contributed by atoms with Crippen molar-refractivity contribution in [2.24, 2.45) is 0 Å². The molecule has 0 aliphatic rings. The first-order valence-electron chi connectivity index (χ1n) is 6.19. The van der Waals surface area contributed by atoms with Crippen LogP contribution in [0.3, 0.4) is 0 Å². The third-order valence-electron chi connectivity index (χ3n) is 3.04. The summed E-state index contributed by atoms with van der Waals surface area (Å²) in [5, 5.41) is 10.3. The lowest BCUT2D eigenvalue weighted by atomic mass is 10.2. The van der Waals surface area contributed by atoms with Crippen molar-refractivity contribution < 1.29 is 9.90 Å². The van der Waals surface area contributed by atoms with E-state index in [1.807, 2.05) is 24.3 Å². The van der Waals surface area contributed by atoms with Gasteiger partial charge in [0.1, 0.15) is 5.69 Å². The van der Waals surface area contributed by atoms with E-state index in [2.05, 4.69) is 20.9 Å². The Morgan fingerprint density at radius 1 is 1.47 bits per heavy atom. The van der Waals surface area contributed by atoms with Gasteiger partial charge in [-0.15, -0.1) is 0 Å². The van der Waals surface area contributed by atoms with Crippen LogP contribution in [0.5, 0.6) is 0 Å². The molecule has 1 atom stereocenters. The van der Waals surface area contributed by atoms with Crippen molar-refractivity contribution >= 4 is 32.7 Å². The number of carbonyl (C=O) groups is 1. The highest BCUT2D eigenvalue weighted by Crippen LogP contribution is 2.20. The largest absolute Gasteiger partial charge is 0.393 e. The highest BCUT2D eigenvalue weighted by atomic mass is 79.9. The van der Waals surface area contributed by atoms with Gasteiger partial charge in [0.05, 0.1) is 6.10 Å². The maximum Gasteiger partial charge on any atom is 0.270 e. The van der Waals surface area contributed by atoms with Crippen molar-refractivity contribution in [2.45, 2.75) is 19.4 Å². The second kappa shape index (κ2) is 5.75. The zero-order chi connectivity index (χ0) is 14.0. The van der Waals surface area contributed by atoms with Crippen molar-refractivity contribution in [2.75, 3.05) is 13.6 Å². The van der Waals surface area contributed by atoms with Crippen LogP contribution in [0.1, 0.15) is 23.8 Å². The van der Waals surface area contributed by atoms with Gasteiger partial charge in [0.25, 0.3) is 5.91 Å². The number of nitrogens with zero attached hydrogens (tertiary/aromatic N) is 1. The zero-order valence-electron chi connectivity index (χ0n) is 11.0. The number of aliphatic hydroxyl groups is 1. The molecule has 5 heteroatoms. The van der Waals surface area contributed by atoms with Crippen LogP contribution in [-0.4, -0.2) is 40.6 Å². The minimum absolute atomic E-state index is 0.0621. The first-order valence-corrected chi connectivity index (χ1v) is 6.98. The van der Waals surface area contributed by atoms with Crippen LogP contribution in [0, 0.1) is 0 Å². The summed E-state index contributed by atoms with van der Waals surface area (Å²) in [5.41, 5.74) is 1.50. The lowest BCUT2D eigenvalue weighted by molar-refractivity contribution is 0.0764. The van der Waals surface area contributed by atoms with E-state index in [0.29, 0.717) is 18.7 Å². The third kappa shape index (κ3) is 3.36. The minimum atomic E-state index is -0.395. The van der Waals surface area contributed by atoms with E-state index in [1.165, 1.54) is 0 Å². The molecule has 1 aromatic heterocycles. The van der Waals surface area contributed by atoms with Gasteiger partial charge in [-0.1, -0.05) is 22.0 Å². The minimum Gasteiger partial charge on any atom is -0.393 e. The summed E-state index contributed by atoms with van der Waals surface area (Å²) < 4.78 is 0.975. The fourth-order valence-corrected chi connectivity index (χ4v) is 2.26. The molecule has 2 aromatic rings. The van der Waals surface area contributed by atoms with E-state index >= 15 is 0 Å². The highest BCUT2D eigenvalue weighted by Gasteiger charge is 2.14. The number of benzene rings is 1. The molecule has 1 aromatic carbocycles. The monoisotopic (exact) mass is 324 g/mol. The molecule has 0 bridgehead atoms. The number of fused-ring (bicyclic) bond motifs is 1. The third-order valence-corrected chi connectivity index (χ3v) is 3.54. The molecule has 4 nitrogen and oxygen atoms in total. The first kappa shape index (κ1) is 14.1. The van der Waals surface area contributed by atoms with Crippen LogP contribution in [0.2, 0.25) is 0 Å². The molecule has 0 aliphatic carbocycles. The Labute approximate surface area is 120 Å². The van der Waals surface area contributed by atoms with Crippen molar-refractivity contribution in [3.63, 3.8) is 0 Å². The molecule has 0 radical (unpaired) electrons. The van der Waals surface area contributed by atoms with Gasteiger partial charge in [-0.05, 0) is 31.5 Å². The zero-order valence-corrected chi connectivity index (χ0v) is 12.6. The predicted octanol–water partition coefficient (Wildman–Crippen LogP) is 2.77. The molecular formula is C14H17BrN2O2. The summed E-state index contributed by atoms with van der Waals surface area (Å²) in [6.45, 7) is 2.26. The van der Waals surface area contributed by atoms with Crippen molar-refractivity contribution in [1.82, 2.24) is 9.88 Å². The first-order chi connectivity index (χ1) is 8.97. The van der Waals surface area contributed by atoms with Gasteiger partial charge in [0.15, 0.2) is 0 Å². The van der Waals surface area contributed by atoms with Crippen LogP contribution >= 0.6 is 15.9 Å². The van der Waals surface area contributed by atoms with Gasteiger partial charge in [-0.3, -0.25) is 4.79 Å². The van der Waals surface area contributed by atoms with Gasteiger partial charge in [0, 0.05) is 29.0 Å². The van der Waals surface area contributed by atoms with Crippen LogP contribution in [0.4, 0.5) is 0 Å². The van der Waals surface area contributed by atoms with E-state index in [9.17, 15) is 9.90 Å². The SMILES string of the molecule is CC(O)CCN(C)C(=O)c1cc2ccc(Br)cc2[nH]1. The molecule has 2 rings (SSSR count). The molecular weight excluding hydrogens is 308 g/mol. The number of aliphatic hydroxyl groups excluding tert-OH is 1. The second-order valence-corrected chi connectivity index (χ2v) is 5.69. The van der Waals surface area contributed by atoms with E-state index < -0.39 is 6.10 Å². The normalized spacial score (nSPS) is 12.6. The lowest BCUT2D eigenvalue weighted by Crippen LogP contribution is -2.29. The quantitative estimate of drug-likeness (QED) is 0.908. The van der Waals surface area contributed by atoms with Gasteiger partial charge in [-0.2, -0.15) is 0 Å². The Bertz CT molecular complexity index is 592. The van der Waals surface area contributed by atoms with Crippen molar-refractivity contribution in [1.29, 1.82) is 0 Å². The Morgan fingerprint density at radius 3 is 2.89 bits per heavy atom. The number of aromatic nitrogens is 1. The number of rotatable bonds is 4. The number of H-pyrrole nitrogens is 1. The Hall–Kier alpha value is -1.33. The molecule has 102 valence electrons. The summed E-state index contributed by atoms with van der Waals surface area (Å²) in [7, 11) is 1.74. The van der Waals surface area contributed by atoms with Crippen molar-refractivity contribution in [3.05, 3.63) is 34.4 Å². The molecule has 1 amide bonds. The summed E-state index contributed by atoms with van der Waals surface area (Å²) >= 11 is 3.41. The predicted molar refractivity (Wildman–Crippen MR) is 79.3 cm³/mol. The van der Waals surface area contributed by atoms with Crippen LogP contribution < -0.4 is 0 Å². The van der Waals surface area contributed by atoms with Gasteiger partial charge >= 0.3 is 0 Å². The molecule has 0 saturated carbocycles. The number of nitrogens with one attached hydrogen (secondary N) is 1. The molecule has 0 aliphatic heterocycles. The molecule has 1 unspecified atom stereocenters. The maximum absolute atomic E-state index is 12.2. The topological polar surface area (TPSA) is 56.3 Å². The van der Waals surface area contributed by atoms with E-state index in [1.54, 1.807) is 18.9 Å². The average molecular weight is 325 g/mol. The number of carbonyl (C=O) groups excluding carboxylic acids is 1. The Morgan fingerprint density at radius 2 is 2.21 bits per heavy atom. The smallest absolute Gasteiger partial charge is 0.270 e. The number of halogens is 1. The van der Waals surface area contributed by atoms with Crippen LogP contribution in [-0.2, 0) is 0 Å². The fourth-order valence-electron chi connectivity index (χ4n) is 1.90. The van der Waals surface area contributed by atoms with E-state index in [-0.39, 0.29) is 5.91 Å². The lowest BCUT2D eigenvalue weighted by Gasteiger charge is -2.17. The van der Waals surface area contributed by atoms with Gasteiger partial charge in [0.2, 0.25) is 0 Å². The summed E-state index contributed by atoms with van der Waals surface area (Å²) in [6, 6.07) is 7.70. The van der Waals surface area contributed by atoms with Crippen molar-refractivity contribution in [3.8, 4) is 0 Å². The van der Waals surface area contributed by atoms with E-state index in [0.717, 1.165) is 15.4 Å². The fraction of sp³-hybridized carbons (Fsp3) is 0.357. The van der Waals surface area contributed by atoms with Crippen LogP contribution in [0.15, 0.2) is 28.7 Å². The highest BCUT2D eigenvalue weighted by molar-refractivity contribution is 9.10. The van der Waals surface area contributed by atoms with E-state index in [4.69, 9.17) is 0 Å².